The van der Waals surface area contributed by atoms with Crippen molar-refractivity contribution in [3.8, 4) is 11.5 Å². The summed E-state index contributed by atoms with van der Waals surface area (Å²) in [5.41, 5.74) is -1.03. The number of phenolic OH excluding ortho intramolecular Hbond substituents is 2. The van der Waals surface area contributed by atoms with Crippen molar-refractivity contribution in [3.05, 3.63) is 29.8 Å². The van der Waals surface area contributed by atoms with Gasteiger partial charge < -0.3 is 34.6 Å². The smallest absolute Gasteiger partial charge is 0.341 e. The zero-order chi connectivity index (χ0) is 20.5. The number of phenols is 2. The van der Waals surface area contributed by atoms with Crippen molar-refractivity contribution in [2.45, 2.75) is 56.4 Å². The SMILES string of the molecule is CC[C@H]1OC(=O)[C@]2(C[C@@H](O)[C@H](O)[C@H](OC(=O)/C=C/c3ccc(O)c(O)c3)C2)O1. The molecule has 0 unspecified atom stereocenters. The molecule has 3 rings (SSSR count). The van der Waals surface area contributed by atoms with Crippen LogP contribution < -0.4 is 0 Å². The zero-order valence-electron chi connectivity index (χ0n) is 15.1. The topological polar surface area (TPSA) is 143 Å². The number of aromatic hydroxyl groups is 2. The molecule has 1 aliphatic carbocycles. The van der Waals surface area contributed by atoms with E-state index in [0.29, 0.717) is 12.0 Å². The van der Waals surface area contributed by atoms with Gasteiger partial charge in [0, 0.05) is 25.3 Å². The Hall–Kier alpha value is -2.62. The van der Waals surface area contributed by atoms with E-state index in [0.717, 1.165) is 6.08 Å². The van der Waals surface area contributed by atoms with Crippen molar-refractivity contribution in [2.75, 3.05) is 0 Å². The Bertz CT molecular complexity index is 790. The summed E-state index contributed by atoms with van der Waals surface area (Å²) in [5, 5.41) is 39.0. The third kappa shape index (κ3) is 3.96. The zero-order valence-corrected chi connectivity index (χ0v) is 15.1. The second-order valence-corrected chi connectivity index (χ2v) is 6.88. The third-order valence-corrected chi connectivity index (χ3v) is 4.82. The molecule has 1 aliphatic heterocycles. The number of aliphatic hydroxyl groups is 2. The Kier molecular flexibility index (Phi) is 5.59. The number of aliphatic hydroxyl groups excluding tert-OH is 2. The first kappa shape index (κ1) is 20.1. The lowest BCUT2D eigenvalue weighted by molar-refractivity contribution is -0.191. The predicted octanol–water partition coefficient (Wildman–Crippen LogP) is 0.587. The summed E-state index contributed by atoms with van der Waals surface area (Å²) in [5.74, 6) is -2.11. The number of ether oxygens (including phenoxy) is 3. The van der Waals surface area contributed by atoms with E-state index in [1.807, 2.05) is 0 Å². The summed E-state index contributed by atoms with van der Waals surface area (Å²) in [7, 11) is 0. The van der Waals surface area contributed by atoms with Gasteiger partial charge in [-0.1, -0.05) is 13.0 Å². The second-order valence-electron chi connectivity index (χ2n) is 6.88. The monoisotopic (exact) mass is 394 g/mol. The number of carbonyl (C=O) groups is 2. The van der Waals surface area contributed by atoms with Crippen LogP contribution in [0.25, 0.3) is 6.08 Å². The van der Waals surface area contributed by atoms with Crippen LogP contribution in [-0.2, 0) is 23.8 Å². The van der Waals surface area contributed by atoms with E-state index in [4.69, 9.17) is 14.2 Å². The standard InChI is InChI=1S/C19H22O9/c1-2-16-27-18(25)19(28-16)8-13(22)17(24)14(9-19)26-15(23)6-4-10-3-5-11(20)12(21)7-10/h3-7,13-14,16-17,20-22,24H,2,8-9H2,1H3/b6-4+/t13-,14-,16+,17+,19-/m1/s1. The van der Waals surface area contributed by atoms with Crippen molar-refractivity contribution in [2.24, 2.45) is 0 Å². The van der Waals surface area contributed by atoms with Crippen molar-refractivity contribution in [1.82, 2.24) is 0 Å². The van der Waals surface area contributed by atoms with E-state index >= 15 is 0 Å². The summed E-state index contributed by atoms with van der Waals surface area (Å²) in [4.78, 5) is 24.4. The molecule has 1 aromatic carbocycles. The molecule has 1 aromatic rings. The first-order valence-electron chi connectivity index (χ1n) is 8.90. The molecule has 0 aromatic heterocycles. The third-order valence-electron chi connectivity index (χ3n) is 4.82. The molecule has 9 heteroatoms. The Morgan fingerprint density at radius 3 is 2.68 bits per heavy atom. The fraction of sp³-hybridized carbons (Fsp3) is 0.474. The van der Waals surface area contributed by atoms with Gasteiger partial charge in [-0.05, 0) is 23.8 Å². The van der Waals surface area contributed by atoms with Gasteiger partial charge in [0.1, 0.15) is 12.2 Å². The van der Waals surface area contributed by atoms with Crippen LogP contribution in [0.4, 0.5) is 0 Å². The Balaban J connectivity index is 1.69. The molecule has 2 fully saturated rings. The van der Waals surface area contributed by atoms with E-state index in [1.165, 1.54) is 24.3 Å². The molecule has 1 heterocycles. The molecule has 0 bridgehead atoms. The lowest BCUT2D eigenvalue weighted by Crippen LogP contribution is -2.56. The minimum atomic E-state index is -1.46. The van der Waals surface area contributed by atoms with Gasteiger partial charge >= 0.3 is 11.9 Å². The maximum Gasteiger partial charge on any atom is 0.341 e. The van der Waals surface area contributed by atoms with Crippen molar-refractivity contribution in [3.63, 3.8) is 0 Å². The molecule has 2 aliphatic rings. The molecule has 0 amide bonds. The van der Waals surface area contributed by atoms with Crippen LogP contribution in [-0.4, -0.2) is 62.6 Å². The maximum atomic E-state index is 12.2. The summed E-state index contributed by atoms with van der Waals surface area (Å²) in [6, 6.07) is 3.99. The van der Waals surface area contributed by atoms with Gasteiger partial charge in [0.05, 0.1) is 6.10 Å². The molecule has 5 atom stereocenters. The maximum absolute atomic E-state index is 12.2. The number of carbonyl (C=O) groups excluding carboxylic acids is 2. The van der Waals surface area contributed by atoms with Crippen LogP contribution in [0, 0.1) is 0 Å². The minimum Gasteiger partial charge on any atom is -0.504 e. The highest BCUT2D eigenvalue weighted by molar-refractivity contribution is 5.87. The number of hydrogen-bond acceptors (Lipinski definition) is 9. The summed E-state index contributed by atoms with van der Waals surface area (Å²) in [6.07, 6.45) is -2.07. The van der Waals surface area contributed by atoms with Gasteiger partial charge in [0.2, 0.25) is 6.29 Å². The number of hydrogen-bond donors (Lipinski definition) is 4. The van der Waals surface area contributed by atoms with Crippen molar-refractivity contribution >= 4 is 18.0 Å². The number of esters is 2. The van der Waals surface area contributed by atoms with Gasteiger partial charge in [-0.25, -0.2) is 9.59 Å². The molecular weight excluding hydrogens is 372 g/mol. The fourth-order valence-electron chi connectivity index (χ4n) is 3.32. The van der Waals surface area contributed by atoms with E-state index < -0.39 is 42.1 Å². The minimum absolute atomic E-state index is 0.139. The highest BCUT2D eigenvalue weighted by Gasteiger charge is 2.58. The first-order valence-corrected chi connectivity index (χ1v) is 8.90. The summed E-state index contributed by atoms with van der Waals surface area (Å²) >= 11 is 0. The lowest BCUT2D eigenvalue weighted by atomic mass is 9.79. The Morgan fingerprint density at radius 1 is 1.29 bits per heavy atom. The van der Waals surface area contributed by atoms with Gasteiger partial charge in [0.25, 0.3) is 0 Å². The van der Waals surface area contributed by atoms with Crippen LogP contribution in [0.3, 0.4) is 0 Å². The molecule has 1 spiro atoms. The van der Waals surface area contributed by atoms with Gasteiger partial charge in [-0.15, -0.1) is 0 Å². The van der Waals surface area contributed by atoms with Crippen LogP contribution in [0.2, 0.25) is 0 Å². The largest absolute Gasteiger partial charge is 0.504 e. The van der Waals surface area contributed by atoms with Crippen molar-refractivity contribution < 1.29 is 44.2 Å². The van der Waals surface area contributed by atoms with Crippen molar-refractivity contribution in [1.29, 1.82) is 0 Å². The number of rotatable bonds is 4. The second kappa shape index (κ2) is 7.78. The molecule has 28 heavy (non-hydrogen) atoms. The first-order chi connectivity index (χ1) is 13.2. The molecule has 4 N–H and O–H groups in total. The molecule has 152 valence electrons. The van der Waals surface area contributed by atoms with Crippen LogP contribution in [0.15, 0.2) is 24.3 Å². The van der Waals surface area contributed by atoms with E-state index in [1.54, 1.807) is 6.92 Å². The van der Waals surface area contributed by atoms with E-state index in [2.05, 4.69) is 0 Å². The van der Waals surface area contributed by atoms with E-state index in [-0.39, 0.29) is 24.3 Å². The number of cyclic esters (lactones) is 1. The molecule has 1 saturated heterocycles. The fourth-order valence-corrected chi connectivity index (χ4v) is 3.32. The van der Waals surface area contributed by atoms with Gasteiger partial charge in [0.15, 0.2) is 17.1 Å². The highest BCUT2D eigenvalue weighted by atomic mass is 16.8. The van der Waals surface area contributed by atoms with Crippen LogP contribution in [0.1, 0.15) is 31.7 Å². The summed E-state index contributed by atoms with van der Waals surface area (Å²) < 4.78 is 16.0. The molecule has 0 radical (unpaired) electrons. The van der Waals surface area contributed by atoms with Crippen LogP contribution in [0.5, 0.6) is 11.5 Å². The van der Waals surface area contributed by atoms with Gasteiger partial charge in [-0.2, -0.15) is 0 Å². The average molecular weight is 394 g/mol. The molecular formula is C19H22O9. The highest BCUT2D eigenvalue weighted by Crippen LogP contribution is 2.40. The lowest BCUT2D eigenvalue weighted by Gasteiger charge is -2.39. The van der Waals surface area contributed by atoms with Gasteiger partial charge in [-0.3, -0.25) is 0 Å². The van der Waals surface area contributed by atoms with Crippen LogP contribution >= 0.6 is 0 Å². The quantitative estimate of drug-likeness (QED) is 0.328. The predicted molar refractivity (Wildman–Crippen MR) is 93.9 cm³/mol. The Morgan fingerprint density at radius 2 is 2.04 bits per heavy atom. The Labute approximate surface area is 160 Å². The average Bonchev–Trinajstić information content (AvgIpc) is 2.95. The normalized spacial score (nSPS) is 32.6. The summed E-state index contributed by atoms with van der Waals surface area (Å²) in [6.45, 7) is 1.77. The van der Waals surface area contributed by atoms with E-state index in [9.17, 15) is 30.0 Å². The molecule has 9 nitrogen and oxygen atoms in total. The molecule has 1 saturated carbocycles. The number of benzene rings is 1.